The van der Waals surface area contributed by atoms with Crippen molar-refractivity contribution in [3.05, 3.63) is 18.0 Å². The molecule has 1 rings (SSSR count). The molecule has 1 unspecified atom stereocenters. The van der Waals surface area contributed by atoms with E-state index < -0.39 is 0 Å². The largest absolute Gasteiger partial charge is 0.461 e. The Kier molecular flexibility index (Phi) is 5.07. The second-order valence-corrected chi connectivity index (χ2v) is 4.46. The normalized spacial score (nSPS) is 12.4. The van der Waals surface area contributed by atoms with Gasteiger partial charge in [0.1, 0.15) is 5.69 Å². The second kappa shape index (κ2) is 6.33. The van der Waals surface area contributed by atoms with Crippen LogP contribution in [0.3, 0.4) is 0 Å². The number of anilines is 1. The van der Waals surface area contributed by atoms with Gasteiger partial charge >= 0.3 is 5.97 Å². The number of hydrogen-bond donors (Lipinski definition) is 1. The first-order valence-electron chi connectivity index (χ1n) is 6.21. The molecule has 0 aliphatic rings. The third-order valence-corrected chi connectivity index (χ3v) is 2.79. The summed E-state index contributed by atoms with van der Waals surface area (Å²) in [5, 5.41) is 0. The Bertz CT molecular complexity index is 371. The van der Waals surface area contributed by atoms with Crippen molar-refractivity contribution in [3.63, 3.8) is 0 Å². The lowest BCUT2D eigenvalue weighted by Crippen LogP contribution is -2.15. The Balaban J connectivity index is 2.67. The molecule has 4 nitrogen and oxygen atoms in total. The van der Waals surface area contributed by atoms with E-state index >= 15 is 0 Å². The monoisotopic (exact) mass is 238 g/mol. The molecule has 96 valence electrons. The number of aromatic nitrogens is 1. The summed E-state index contributed by atoms with van der Waals surface area (Å²) in [7, 11) is 0. The molecule has 0 radical (unpaired) electrons. The maximum atomic E-state index is 11.9. The van der Waals surface area contributed by atoms with Gasteiger partial charge in [-0.3, -0.25) is 0 Å². The molecule has 1 heterocycles. The second-order valence-electron chi connectivity index (χ2n) is 4.46. The fourth-order valence-corrected chi connectivity index (χ4v) is 1.54. The first-order chi connectivity index (χ1) is 8.08. The van der Waals surface area contributed by atoms with Crippen molar-refractivity contribution in [2.75, 3.05) is 12.3 Å². The third kappa shape index (κ3) is 3.80. The SMILES string of the molecule is CCCn1cc(N)cc1C(=O)OCC(C)CC. The maximum Gasteiger partial charge on any atom is 0.355 e. The molecule has 0 fully saturated rings. The zero-order chi connectivity index (χ0) is 12.8. The van der Waals surface area contributed by atoms with Gasteiger partial charge in [0.2, 0.25) is 0 Å². The van der Waals surface area contributed by atoms with Crippen molar-refractivity contribution in [1.29, 1.82) is 0 Å². The number of aryl methyl sites for hydroxylation is 1. The molecule has 0 aliphatic heterocycles. The van der Waals surface area contributed by atoms with Gasteiger partial charge in [-0.05, 0) is 18.4 Å². The first-order valence-corrected chi connectivity index (χ1v) is 6.21. The Morgan fingerprint density at radius 3 is 2.82 bits per heavy atom. The number of ether oxygens (including phenoxy) is 1. The number of nitrogens with two attached hydrogens (primary N) is 1. The van der Waals surface area contributed by atoms with Crippen molar-refractivity contribution in [1.82, 2.24) is 4.57 Å². The quantitative estimate of drug-likeness (QED) is 0.775. The van der Waals surface area contributed by atoms with Crippen molar-refractivity contribution in [3.8, 4) is 0 Å². The van der Waals surface area contributed by atoms with Gasteiger partial charge in [-0.25, -0.2) is 4.79 Å². The highest BCUT2D eigenvalue weighted by molar-refractivity contribution is 5.89. The van der Waals surface area contributed by atoms with Gasteiger partial charge in [0.25, 0.3) is 0 Å². The number of carbonyl (C=O) groups is 1. The number of rotatable bonds is 6. The topological polar surface area (TPSA) is 57.2 Å². The van der Waals surface area contributed by atoms with E-state index in [2.05, 4.69) is 20.8 Å². The zero-order valence-corrected chi connectivity index (χ0v) is 10.9. The van der Waals surface area contributed by atoms with Crippen LogP contribution in [0.5, 0.6) is 0 Å². The molecule has 0 aromatic carbocycles. The van der Waals surface area contributed by atoms with Crippen LogP contribution >= 0.6 is 0 Å². The van der Waals surface area contributed by atoms with Gasteiger partial charge in [0.15, 0.2) is 0 Å². The van der Waals surface area contributed by atoms with E-state index in [1.807, 2.05) is 4.57 Å². The standard InChI is InChI=1S/C13H22N2O2/c1-4-6-15-8-11(14)7-12(15)13(16)17-9-10(3)5-2/h7-8,10H,4-6,9,14H2,1-3H3. The van der Waals surface area contributed by atoms with Crippen LogP contribution in [0.25, 0.3) is 0 Å². The lowest BCUT2D eigenvalue weighted by Gasteiger charge is -2.11. The highest BCUT2D eigenvalue weighted by Crippen LogP contribution is 2.13. The molecule has 1 aromatic rings. The predicted molar refractivity (Wildman–Crippen MR) is 68.9 cm³/mol. The molecule has 4 heteroatoms. The molecule has 0 bridgehead atoms. The third-order valence-electron chi connectivity index (χ3n) is 2.79. The number of nitrogen functional groups attached to an aromatic ring is 1. The summed E-state index contributed by atoms with van der Waals surface area (Å²) in [6, 6.07) is 1.68. The minimum absolute atomic E-state index is 0.282. The van der Waals surface area contributed by atoms with E-state index in [9.17, 15) is 4.79 Å². The fraction of sp³-hybridized carbons (Fsp3) is 0.615. The summed E-state index contributed by atoms with van der Waals surface area (Å²) in [5.74, 6) is 0.112. The van der Waals surface area contributed by atoms with E-state index in [1.54, 1.807) is 12.3 Å². The van der Waals surface area contributed by atoms with Crippen LogP contribution in [0, 0.1) is 5.92 Å². The molecule has 1 atom stereocenters. The zero-order valence-electron chi connectivity index (χ0n) is 10.9. The Hall–Kier alpha value is -1.45. The summed E-state index contributed by atoms with van der Waals surface area (Å²) in [5.41, 5.74) is 6.86. The Labute approximate surface area is 103 Å². The smallest absolute Gasteiger partial charge is 0.355 e. The van der Waals surface area contributed by atoms with Crippen molar-refractivity contribution in [2.24, 2.45) is 5.92 Å². The van der Waals surface area contributed by atoms with Crippen molar-refractivity contribution >= 4 is 11.7 Å². The van der Waals surface area contributed by atoms with Crippen molar-refractivity contribution < 1.29 is 9.53 Å². The minimum atomic E-state index is -0.282. The molecule has 0 spiro atoms. The van der Waals surface area contributed by atoms with Crippen LogP contribution < -0.4 is 5.73 Å². The molecular formula is C13H22N2O2. The summed E-state index contributed by atoms with van der Waals surface area (Å²) < 4.78 is 7.12. The molecule has 1 aromatic heterocycles. The van der Waals surface area contributed by atoms with E-state index in [0.29, 0.717) is 23.9 Å². The summed E-state index contributed by atoms with van der Waals surface area (Å²) >= 11 is 0. The Morgan fingerprint density at radius 1 is 1.53 bits per heavy atom. The van der Waals surface area contributed by atoms with E-state index in [0.717, 1.165) is 19.4 Å². The van der Waals surface area contributed by atoms with Gasteiger partial charge in [-0.2, -0.15) is 0 Å². The van der Waals surface area contributed by atoms with Crippen LogP contribution in [-0.2, 0) is 11.3 Å². The van der Waals surface area contributed by atoms with E-state index in [1.165, 1.54) is 0 Å². The van der Waals surface area contributed by atoms with Crippen LogP contribution in [0.2, 0.25) is 0 Å². The van der Waals surface area contributed by atoms with Crippen LogP contribution in [0.4, 0.5) is 5.69 Å². The average molecular weight is 238 g/mol. The van der Waals surface area contributed by atoms with Crippen LogP contribution in [0.1, 0.15) is 44.1 Å². The molecule has 0 amide bonds. The first kappa shape index (κ1) is 13.6. The fourth-order valence-electron chi connectivity index (χ4n) is 1.54. The van der Waals surface area contributed by atoms with Gasteiger partial charge in [-0.1, -0.05) is 27.2 Å². The molecule has 17 heavy (non-hydrogen) atoms. The van der Waals surface area contributed by atoms with Gasteiger partial charge in [-0.15, -0.1) is 0 Å². The lowest BCUT2D eigenvalue weighted by atomic mass is 10.1. The Morgan fingerprint density at radius 2 is 2.24 bits per heavy atom. The summed E-state index contributed by atoms with van der Waals surface area (Å²) in [4.78, 5) is 11.9. The molecule has 0 saturated carbocycles. The highest BCUT2D eigenvalue weighted by atomic mass is 16.5. The predicted octanol–water partition coefficient (Wildman–Crippen LogP) is 2.68. The van der Waals surface area contributed by atoms with Gasteiger partial charge < -0.3 is 15.0 Å². The molecule has 2 N–H and O–H groups in total. The van der Waals surface area contributed by atoms with Crippen LogP contribution in [0.15, 0.2) is 12.3 Å². The average Bonchev–Trinajstić information content (AvgIpc) is 2.67. The van der Waals surface area contributed by atoms with Gasteiger partial charge in [0.05, 0.1) is 12.3 Å². The number of hydrogen-bond acceptors (Lipinski definition) is 3. The van der Waals surface area contributed by atoms with Crippen LogP contribution in [-0.4, -0.2) is 17.1 Å². The number of carbonyl (C=O) groups excluding carboxylic acids is 1. The number of nitrogens with zero attached hydrogens (tertiary/aromatic N) is 1. The molecular weight excluding hydrogens is 216 g/mol. The number of esters is 1. The minimum Gasteiger partial charge on any atom is -0.461 e. The molecule has 0 aliphatic carbocycles. The summed E-state index contributed by atoms with van der Waals surface area (Å²) in [6.45, 7) is 7.45. The van der Waals surface area contributed by atoms with Gasteiger partial charge in [0, 0.05) is 12.7 Å². The maximum absolute atomic E-state index is 11.9. The highest BCUT2D eigenvalue weighted by Gasteiger charge is 2.14. The summed E-state index contributed by atoms with van der Waals surface area (Å²) in [6.07, 6.45) is 3.74. The van der Waals surface area contributed by atoms with E-state index in [4.69, 9.17) is 10.5 Å². The lowest BCUT2D eigenvalue weighted by molar-refractivity contribution is 0.0434. The van der Waals surface area contributed by atoms with Crippen molar-refractivity contribution in [2.45, 2.75) is 40.2 Å². The molecule has 0 saturated heterocycles. The van der Waals surface area contributed by atoms with E-state index in [-0.39, 0.29) is 5.97 Å².